The topological polar surface area (TPSA) is 66.8 Å². The van der Waals surface area contributed by atoms with Crippen molar-refractivity contribution in [1.82, 2.24) is 0 Å². The molecule has 2 saturated carbocycles. The number of phenolic OH excluding ortho intramolecular Hbond substituents is 1. The minimum atomic E-state index is -0.930. The summed E-state index contributed by atoms with van der Waals surface area (Å²) in [5.74, 6) is 2.39. The van der Waals surface area contributed by atoms with E-state index < -0.39 is 5.60 Å². The molecule has 3 fully saturated rings. The SMILES string of the molecule is CCC1Cc2cc(O)ccc2C2CCC3C(CC4OC(=O)CC43O)C12. The van der Waals surface area contributed by atoms with Crippen molar-refractivity contribution >= 4 is 5.97 Å². The van der Waals surface area contributed by atoms with Gasteiger partial charge in [-0.15, -0.1) is 0 Å². The first kappa shape index (κ1) is 15.7. The zero-order chi connectivity index (χ0) is 17.3. The monoisotopic (exact) mass is 342 g/mol. The molecule has 5 rings (SSSR count). The number of ether oxygens (including phenoxy) is 1. The zero-order valence-corrected chi connectivity index (χ0v) is 14.6. The molecule has 1 heterocycles. The van der Waals surface area contributed by atoms with E-state index in [0.29, 0.717) is 29.4 Å². The summed E-state index contributed by atoms with van der Waals surface area (Å²) in [5.41, 5.74) is 1.77. The van der Waals surface area contributed by atoms with E-state index in [1.807, 2.05) is 12.1 Å². The van der Waals surface area contributed by atoms with Gasteiger partial charge in [-0.2, -0.15) is 0 Å². The van der Waals surface area contributed by atoms with Gasteiger partial charge in [-0.25, -0.2) is 0 Å². The number of carbonyl (C=O) groups excluding carboxylic acids is 1. The summed E-state index contributed by atoms with van der Waals surface area (Å²) in [6, 6.07) is 5.87. The molecule has 4 aliphatic rings. The second-order valence-electron chi connectivity index (χ2n) is 8.67. The van der Waals surface area contributed by atoms with Crippen LogP contribution in [0.5, 0.6) is 5.75 Å². The quantitative estimate of drug-likeness (QED) is 0.770. The minimum Gasteiger partial charge on any atom is -0.508 e. The number of aliphatic hydroxyl groups is 1. The fourth-order valence-corrected chi connectivity index (χ4v) is 6.80. The van der Waals surface area contributed by atoms with Crippen molar-refractivity contribution in [3.05, 3.63) is 29.3 Å². The molecule has 134 valence electrons. The predicted molar refractivity (Wildman–Crippen MR) is 92.1 cm³/mol. The average molecular weight is 342 g/mol. The van der Waals surface area contributed by atoms with E-state index in [1.165, 1.54) is 11.1 Å². The van der Waals surface area contributed by atoms with E-state index in [4.69, 9.17) is 4.74 Å². The Balaban J connectivity index is 1.54. The van der Waals surface area contributed by atoms with Crippen LogP contribution in [0.2, 0.25) is 0 Å². The van der Waals surface area contributed by atoms with E-state index >= 15 is 0 Å². The number of phenols is 1. The number of rotatable bonds is 1. The Morgan fingerprint density at radius 1 is 1.32 bits per heavy atom. The van der Waals surface area contributed by atoms with Crippen LogP contribution >= 0.6 is 0 Å². The summed E-state index contributed by atoms with van der Waals surface area (Å²) >= 11 is 0. The van der Waals surface area contributed by atoms with Crippen molar-refractivity contribution in [1.29, 1.82) is 0 Å². The van der Waals surface area contributed by atoms with Crippen LogP contribution in [0.25, 0.3) is 0 Å². The molecule has 2 N–H and O–H groups in total. The van der Waals surface area contributed by atoms with Gasteiger partial charge >= 0.3 is 5.97 Å². The maximum absolute atomic E-state index is 11.7. The van der Waals surface area contributed by atoms with Crippen molar-refractivity contribution < 1.29 is 19.7 Å². The molecule has 0 radical (unpaired) electrons. The highest BCUT2D eigenvalue weighted by Crippen LogP contribution is 2.62. The van der Waals surface area contributed by atoms with Gasteiger partial charge in [-0.3, -0.25) is 4.79 Å². The maximum Gasteiger partial charge on any atom is 0.309 e. The van der Waals surface area contributed by atoms with Gasteiger partial charge in [-0.05, 0) is 78.5 Å². The van der Waals surface area contributed by atoms with Gasteiger partial charge in [0.15, 0.2) is 0 Å². The second-order valence-corrected chi connectivity index (χ2v) is 8.67. The molecule has 25 heavy (non-hydrogen) atoms. The standard InChI is InChI=1S/C21H26O4/c1-2-11-7-12-8-13(22)3-4-14(12)15-5-6-17-16(20(11)15)9-18-21(17,24)10-19(23)25-18/h3-4,8,11,15-18,20,22,24H,2,5-7,9-10H2,1H3. The Labute approximate surface area is 148 Å². The van der Waals surface area contributed by atoms with Crippen molar-refractivity contribution in [2.45, 2.75) is 63.1 Å². The minimum absolute atomic E-state index is 0.178. The van der Waals surface area contributed by atoms with E-state index in [9.17, 15) is 15.0 Å². The molecule has 1 aromatic carbocycles. The fraction of sp³-hybridized carbons (Fsp3) is 0.667. The molecule has 0 bridgehead atoms. The van der Waals surface area contributed by atoms with Crippen LogP contribution in [0.4, 0.5) is 0 Å². The van der Waals surface area contributed by atoms with Crippen LogP contribution in [0.1, 0.15) is 56.1 Å². The first-order valence-electron chi connectivity index (χ1n) is 9.75. The Morgan fingerprint density at radius 2 is 2.16 bits per heavy atom. The Bertz CT molecular complexity index is 729. The number of esters is 1. The number of hydrogen-bond donors (Lipinski definition) is 2. The number of aromatic hydroxyl groups is 1. The summed E-state index contributed by atoms with van der Waals surface area (Å²) in [6.07, 6.45) is 4.84. The first-order valence-corrected chi connectivity index (χ1v) is 9.75. The molecule has 4 heteroatoms. The Morgan fingerprint density at radius 3 is 2.96 bits per heavy atom. The molecule has 4 nitrogen and oxygen atoms in total. The van der Waals surface area contributed by atoms with Crippen molar-refractivity contribution in [2.24, 2.45) is 23.7 Å². The van der Waals surface area contributed by atoms with Crippen LogP contribution in [0, 0.1) is 23.7 Å². The zero-order valence-electron chi connectivity index (χ0n) is 14.6. The van der Waals surface area contributed by atoms with Gasteiger partial charge in [0.25, 0.3) is 0 Å². The molecule has 7 unspecified atom stereocenters. The second kappa shape index (κ2) is 5.23. The molecule has 1 aromatic rings. The summed E-state index contributed by atoms with van der Waals surface area (Å²) in [4.78, 5) is 11.7. The molecule has 7 atom stereocenters. The van der Waals surface area contributed by atoms with E-state index in [2.05, 4.69) is 13.0 Å². The number of hydrogen-bond acceptors (Lipinski definition) is 4. The van der Waals surface area contributed by atoms with Crippen LogP contribution in [0.3, 0.4) is 0 Å². The van der Waals surface area contributed by atoms with Crippen LogP contribution < -0.4 is 0 Å². The molecule has 0 aromatic heterocycles. The summed E-state index contributed by atoms with van der Waals surface area (Å²) in [7, 11) is 0. The lowest BCUT2D eigenvalue weighted by Crippen LogP contribution is -2.46. The molecule has 1 aliphatic heterocycles. The number of benzene rings is 1. The van der Waals surface area contributed by atoms with Crippen molar-refractivity contribution in [3.63, 3.8) is 0 Å². The molecular formula is C21H26O4. The van der Waals surface area contributed by atoms with Gasteiger partial charge in [0.05, 0.1) is 6.42 Å². The third kappa shape index (κ3) is 2.06. The van der Waals surface area contributed by atoms with Crippen molar-refractivity contribution in [3.8, 4) is 5.75 Å². The Kier molecular flexibility index (Phi) is 3.28. The third-order valence-corrected chi connectivity index (χ3v) is 7.73. The highest BCUT2D eigenvalue weighted by atomic mass is 16.6. The fourth-order valence-electron chi connectivity index (χ4n) is 6.80. The number of fused-ring (bicyclic) bond motifs is 7. The molecular weight excluding hydrogens is 316 g/mol. The lowest BCUT2D eigenvalue weighted by atomic mass is 9.55. The van der Waals surface area contributed by atoms with Gasteiger partial charge in [-0.1, -0.05) is 19.4 Å². The van der Waals surface area contributed by atoms with Crippen LogP contribution in [0.15, 0.2) is 18.2 Å². The summed E-state index contributed by atoms with van der Waals surface area (Å²) < 4.78 is 5.49. The molecule has 3 aliphatic carbocycles. The predicted octanol–water partition coefficient (Wildman–Crippen LogP) is 3.15. The van der Waals surface area contributed by atoms with Gasteiger partial charge in [0.2, 0.25) is 0 Å². The maximum atomic E-state index is 11.7. The van der Waals surface area contributed by atoms with Crippen LogP contribution in [-0.2, 0) is 16.0 Å². The van der Waals surface area contributed by atoms with E-state index in [1.54, 1.807) is 0 Å². The van der Waals surface area contributed by atoms with Gasteiger partial charge in [0.1, 0.15) is 17.5 Å². The smallest absolute Gasteiger partial charge is 0.309 e. The van der Waals surface area contributed by atoms with Gasteiger partial charge in [0, 0.05) is 0 Å². The average Bonchev–Trinajstić information content (AvgIpc) is 3.01. The highest BCUT2D eigenvalue weighted by Gasteiger charge is 2.64. The third-order valence-electron chi connectivity index (χ3n) is 7.73. The lowest BCUT2D eigenvalue weighted by Gasteiger charge is -2.49. The normalized spacial score (nSPS) is 44.5. The van der Waals surface area contributed by atoms with Crippen molar-refractivity contribution in [2.75, 3.05) is 0 Å². The largest absolute Gasteiger partial charge is 0.508 e. The number of carbonyl (C=O) groups is 1. The molecule has 0 amide bonds. The Hall–Kier alpha value is -1.55. The summed E-state index contributed by atoms with van der Waals surface area (Å²) in [5, 5.41) is 21.1. The first-order chi connectivity index (χ1) is 12.0. The summed E-state index contributed by atoms with van der Waals surface area (Å²) in [6.45, 7) is 2.25. The van der Waals surface area contributed by atoms with Gasteiger partial charge < -0.3 is 14.9 Å². The van der Waals surface area contributed by atoms with E-state index in [0.717, 1.165) is 32.1 Å². The molecule has 0 spiro atoms. The molecule has 1 saturated heterocycles. The van der Waals surface area contributed by atoms with E-state index in [-0.39, 0.29) is 24.4 Å². The highest BCUT2D eigenvalue weighted by molar-refractivity contribution is 5.74. The van der Waals surface area contributed by atoms with Crippen LogP contribution in [-0.4, -0.2) is 27.9 Å². The lowest BCUT2D eigenvalue weighted by molar-refractivity contribution is -0.142.